The summed E-state index contributed by atoms with van der Waals surface area (Å²) in [5.74, 6) is 1.80. The van der Waals surface area contributed by atoms with Crippen molar-refractivity contribution in [2.75, 3.05) is 44.5 Å². The number of nitrogen functional groups attached to an aromatic ring is 1. The Kier molecular flexibility index (Phi) is 6.93. The molecule has 1 rings (SSSR count). The Morgan fingerprint density at radius 1 is 1.39 bits per heavy atom. The van der Waals surface area contributed by atoms with Crippen molar-refractivity contribution >= 4 is 17.4 Å². The summed E-state index contributed by atoms with van der Waals surface area (Å²) in [7, 11) is 2.00. The van der Waals surface area contributed by atoms with Gasteiger partial charge in [-0.2, -0.15) is 11.8 Å². The molecular formula is C13H22N2O2S. The number of hydrogen-bond acceptors (Lipinski definition) is 5. The molecule has 0 saturated heterocycles. The van der Waals surface area contributed by atoms with Crippen LogP contribution >= 0.6 is 11.8 Å². The molecule has 0 heterocycles. The van der Waals surface area contributed by atoms with Crippen molar-refractivity contribution in [1.82, 2.24) is 4.90 Å². The largest absolute Gasteiger partial charge is 0.491 e. The minimum absolute atomic E-state index is 0.299. The number of hydrogen-bond donors (Lipinski definition) is 2. The van der Waals surface area contributed by atoms with Crippen molar-refractivity contribution in [1.29, 1.82) is 0 Å². The molecule has 4 nitrogen and oxygen atoms in total. The third-order valence-electron chi connectivity index (χ3n) is 2.52. The Balaban J connectivity index is 2.24. The topological polar surface area (TPSA) is 58.7 Å². The monoisotopic (exact) mass is 270 g/mol. The molecule has 1 aromatic rings. The molecule has 1 unspecified atom stereocenters. The number of nitrogens with zero attached hydrogens (tertiary/aromatic N) is 1. The Bertz CT molecular complexity index is 332. The van der Waals surface area contributed by atoms with Crippen LogP contribution in [-0.4, -0.2) is 54.9 Å². The van der Waals surface area contributed by atoms with Crippen LogP contribution in [0.5, 0.6) is 5.75 Å². The van der Waals surface area contributed by atoms with Gasteiger partial charge in [0.2, 0.25) is 0 Å². The first-order valence-electron chi connectivity index (χ1n) is 5.95. The third kappa shape index (κ3) is 6.14. The van der Waals surface area contributed by atoms with E-state index in [0.717, 1.165) is 18.0 Å². The van der Waals surface area contributed by atoms with Gasteiger partial charge in [0.05, 0.1) is 0 Å². The normalized spacial score (nSPS) is 12.7. The summed E-state index contributed by atoms with van der Waals surface area (Å²) in [5, 5.41) is 9.84. The zero-order valence-electron chi connectivity index (χ0n) is 11.0. The van der Waals surface area contributed by atoms with Gasteiger partial charge in [-0.3, -0.25) is 0 Å². The Morgan fingerprint density at radius 3 is 2.67 bits per heavy atom. The van der Waals surface area contributed by atoms with Crippen molar-refractivity contribution < 1.29 is 9.84 Å². The zero-order valence-corrected chi connectivity index (χ0v) is 11.8. The van der Waals surface area contributed by atoms with Crippen molar-refractivity contribution in [3.05, 3.63) is 24.3 Å². The molecule has 0 radical (unpaired) electrons. The Hall–Kier alpha value is -0.910. The number of benzene rings is 1. The second-order valence-electron chi connectivity index (χ2n) is 4.29. The number of thioether (sulfide) groups is 1. The minimum atomic E-state index is -0.477. The molecule has 0 aliphatic rings. The summed E-state index contributed by atoms with van der Waals surface area (Å²) >= 11 is 1.80. The van der Waals surface area contributed by atoms with E-state index in [1.165, 1.54) is 0 Å². The number of rotatable bonds is 8. The van der Waals surface area contributed by atoms with Crippen LogP contribution in [0, 0.1) is 0 Å². The van der Waals surface area contributed by atoms with E-state index in [9.17, 15) is 5.11 Å². The van der Waals surface area contributed by atoms with Gasteiger partial charge in [0.1, 0.15) is 18.5 Å². The summed E-state index contributed by atoms with van der Waals surface area (Å²) < 4.78 is 5.49. The molecule has 0 aromatic heterocycles. The van der Waals surface area contributed by atoms with Crippen LogP contribution in [0.1, 0.15) is 0 Å². The van der Waals surface area contributed by atoms with E-state index in [0.29, 0.717) is 18.8 Å². The molecule has 1 aromatic carbocycles. The number of likely N-dealkylation sites (N-methyl/N-ethyl adjacent to an activating group) is 1. The fourth-order valence-electron chi connectivity index (χ4n) is 1.51. The van der Waals surface area contributed by atoms with Gasteiger partial charge in [-0.25, -0.2) is 0 Å². The predicted molar refractivity (Wildman–Crippen MR) is 78.2 cm³/mol. The number of nitrogens with two attached hydrogens (primary N) is 1. The van der Waals surface area contributed by atoms with Crippen LogP contribution in [0.2, 0.25) is 0 Å². The molecule has 0 amide bonds. The number of aliphatic hydroxyl groups is 1. The molecule has 18 heavy (non-hydrogen) atoms. The van der Waals surface area contributed by atoms with Gasteiger partial charge in [0.15, 0.2) is 0 Å². The second-order valence-corrected chi connectivity index (χ2v) is 5.27. The summed E-state index contributed by atoms with van der Waals surface area (Å²) in [4.78, 5) is 2.10. The highest BCUT2D eigenvalue weighted by Gasteiger charge is 2.08. The van der Waals surface area contributed by atoms with Crippen LogP contribution < -0.4 is 10.5 Å². The van der Waals surface area contributed by atoms with E-state index in [4.69, 9.17) is 10.5 Å². The summed E-state index contributed by atoms with van der Waals surface area (Å²) in [5.41, 5.74) is 6.29. The lowest BCUT2D eigenvalue weighted by molar-refractivity contribution is 0.0782. The number of aliphatic hydroxyl groups excluding tert-OH is 1. The molecule has 0 aliphatic heterocycles. The molecule has 5 heteroatoms. The van der Waals surface area contributed by atoms with Gasteiger partial charge in [0, 0.05) is 24.5 Å². The molecule has 1 atom stereocenters. The van der Waals surface area contributed by atoms with Gasteiger partial charge >= 0.3 is 0 Å². The van der Waals surface area contributed by atoms with Crippen LogP contribution in [0.4, 0.5) is 5.69 Å². The molecule has 0 spiro atoms. The number of anilines is 1. The Morgan fingerprint density at radius 2 is 2.06 bits per heavy atom. The SMILES string of the molecule is CSCCN(C)CC(O)COc1ccc(N)cc1. The summed E-state index contributed by atoms with van der Waals surface area (Å²) in [6.45, 7) is 1.89. The smallest absolute Gasteiger partial charge is 0.119 e. The quantitative estimate of drug-likeness (QED) is 0.697. The average molecular weight is 270 g/mol. The zero-order chi connectivity index (χ0) is 13.4. The van der Waals surface area contributed by atoms with Gasteiger partial charge < -0.3 is 20.5 Å². The number of ether oxygens (including phenoxy) is 1. The molecule has 0 bridgehead atoms. The first-order chi connectivity index (χ1) is 8.61. The highest BCUT2D eigenvalue weighted by Crippen LogP contribution is 2.13. The van der Waals surface area contributed by atoms with E-state index in [1.807, 2.05) is 7.05 Å². The van der Waals surface area contributed by atoms with Gasteiger partial charge in [-0.15, -0.1) is 0 Å². The fourth-order valence-corrected chi connectivity index (χ4v) is 2.00. The Labute approximate surface area is 113 Å². The highest BCUT2D eigenvalue weighted by molar-refractivity contribution is 7.98. The summed E-state index contributed by atoms with van der Waals surface area (Å²) in [6, 6.07) is 7.18. The molecule has 0 aliphatic carbocycles. The van der Waals surface area contributed by atoms with E-state index in [-0.39, 0.29) is 0 Å². The van der Waals surface area contributed by atoms with Crippen molar-refractivity contribution in [3.8, 4) is 5.75 Å². The van der Waals surface area contributed by atoms with Crippen LogP contribution in [0.3, 0.4) is 0 Å². The van der Waals surface area contributed by atoms with Crippen LogP contribution in [0.15, 0.2) is 24.3 Å². The summed E-state index contributed by atoms with van der Waals surface area (Å²) in [6.07, 6.45) is 1.60. The maximum atomic E-state index is 9.84. The molecular weight excluding hydrogens is 248 g/mol. The third-order valence-corrected chi connectivity index (χ3v) is 3.11. The maximum Gasteiger partial charge on any atom is 0.119 e. The minimum Gasteiger partial charge on any atom is -0.491 e. The van der Waals surface area contributed by atoms with Crippen molar-refractivity contribution in [2.24, 2.45) is 0 Å². The van der Waals surface area contributed by atoms with Crippen LogP contribution in [-0.2, 0) is 0 Å². The van der Waals surface area contributed by atoms with Gasteiger partial charge in [0.25, 0.3) is 0 Å². The standard InChI is InChI=1S/C13H22N2O2S/c1-15(7-8-18-2)9-12(16)10-17-13-5-3-11(14)4-6-13/h3-6,12,16H,7-10,14H2,1-2H3. The molecule has 0 saturated carbocycles. The van der Waals surface area contributed by atoms with Crippen LogP contribution in [0.25, 0.3) is 0 Å². The second kappa shape index (κ2) is 8.24. The first kappa shape index (κ1) is 15.1. The molecule has 3 N–H and O–H groups in total. The highest BCUT2D eigenvalue weighted by atomic mass is 32.2. The van der Waals surface area contributed by atoms with E-state index < -0.39 is 6.10 Å². The molecule has 0 fully saturated rings. The fraction of sp³-hybridized carbons (Fsp3) is 0.538. The molecule has 102 valence electrons. The maximum absolute atomic E-state index is 9.84. The van der Waals surface area contributed by atoms with Gasteiger partial charge in [-0.05, 0) is 37.6 Å². The van der Waals surface area contributed by atoms with Gasteiger partial charge in [-0.1, -0.05) is 0 Å². The predicted octanol–water partition coefficient (Wildman–Crippen LogP) is 1.30. The van der Waals surface area contributed by atoms with Crippen molar-refractivity contribution in [3.63, 3.8) is 0 Å². The average Bonchev–Trinajstić information content (AvgIpc) is 2.35. The van der Waals surface area contributed by atoms with E-state index in [1.54, 1.807) is 36.0 Å². The van der Waals surface area contributed by atoms with E-state index in [2.05, 4.69) is 11.2 Å². The first-order valence-corrected chi connectivity index (χ1v) is 7.35. The lowest BCUT2D eigenvalue weighted by Crippen LogP contribution is -2.34. The van der Waals surface area contributed by atoms with E-state index >= 15 is 0 Å². The van der Waals surface area contributed by atoms with Crippen molar-refractivity contribution in [2.45, 2.75) is 6.10 Å². The lowest BCUT2D eigenvalue weighted by Gasteiger charge is -2.20. The lowest BCUT2D eigenvalue weighted by atomic mass is 10.3.